The average Bonchev–Trinajstić information content (AvgIpc) is 2.92. The maximum Gasteiger partial charge on any atom is 2.00 e. The number of nitrogens with zero attached hydrogens (tertiary/aromatic N) is 6. The quantitative estimate of drug-likeness (QED) is 0.142. The molecule has 2 aromatic heterocycles. The molecule has 205 valence electrons. The van der Waals surface area contributed by atoms with Gasteiger partial charge in [-0.05, 0) is 47.5 Å². The van der Waals surface area contributed by atoms with Gasteiger partial charge in [-0.15, -0.1) is 0 Å². The topological polar surface area (TPSA) is 184 Å². The van der Waals surface area contributed by atoms with Gasteiger partial charge in [0.15, 0.2) is 0 Å². The fourth-order valence-electron chi connectivity index (χ4n) is 2.55. The van der Waals surface area contributed by atoms with Gasteiger partial charge >= 0.3 is 17.1 Å². The van der Waals surface area contributed by atoms with E-state index in [2.05, 4.69) is 30.4 Å². The number of aromatic nitrogens is 2. The van der Waals surface area contributed by atoms with Gasteiger partial charge in [0.05, 0.1) is 12.4 Å². The van der Waals surface area contributed by atoms with Crippen LogP contribution in [-0.4, -0.2) is 45.1 Å². The van der Waals surface area contributed by atoms with E-state index in [9.17, 15) is 19.0 Å². The van der Waals surface area contributed by atoms with Crippen LogP contribution in [0.2, 0.25) is 0 Å². The molecule has 0 bridgehead atoms. The van der Waals surface area contributed by atoms with Crippen molar-refractivity contribution in [3.05, 3.63) is 131 Å². The summed E-state index contributed by atoms with van der Waals surface area (Å²) < 4.78 is 26.4. The Labute approximate surface area is 233 Å². The number of hydrogen-bond donors (Lipinski definition) is 0. The van der Waals surface area contributed by atoms with Crippen LogP contribution >= 0.6 is 0 Å². The van der Waals surface area contributed by atoms with Crippen molar-refractivity contribution in [1.82, 2.24) is 9.97 Å². The fourth-order valence-corrected chi connectivity index (χ4v) is 2.55. The van der Waals surface area contributed by atoms with Gasteiger partial charge in [-0.2, -0.15) is 20.4 Å². The Bertz CT molecular complexity index is 1280. The first-order chi connectivity index (χ1) is 17.5. The minimum absolute atomic E-state index is 0. The zero-order valence-electron chi connectivity index (χ0n) is 19.9. The van der Waals surface area contributed by atoms with Gasteiger partial charge in [-0.25, -0.2) is 8.78 Å². The molecule has 0 saturated carbocycles. The van der Waals surface area contributed by atoms with E-state index in [0.717, 1.165) is 0 Å². The zero-order chi connectivity index (χ0) is 25.6. The van der Waals surface area contributed by atoms with Gasteiger partial charge in [-0.3, -0.25) is 9.97 Å². The van der Waals surface area contributed by atoms with Crippen molar-refractivity contribution >= 4 is 24.2 Å². The van der Waals surface area contributed by atoms with Crippen LogP contribution in [0.5, 0.6) is 0 Å². The van der Waals surface area contributed by atoms with Crippen LogP contribution in [0.1, 0.15) is 22.3 Å². The summed E-state index contributed by atoms with van der Waals surface area (Å²) in [7, 11) is 0. The predicted octanol–water partition coefficient (Wildman–Crippen LogP) is 1.07. The number of halogens is 2. The Balaban J connectivity index is 0.000000688. The van der Waals surface area contributed by atoms with E-state index in [4.69, 9.17) is 0 Å². The van der Waals surface area contributed by atoms with Crippen LogP contribution in [0.4, 0.5) is 8.78 Å². The summed E-state index contributed by atoms with van der Waals surface area (Å²) >= 11 is 0. The van der Waals surface area contributed by atoms with Crippen molar-refractivity contribution in [1.29, 1.82) is 0 Å². The van der Waals surface area contributed by atoms with Crippen LogP contribution < -0.4 is 10.2 Å². The fraction of sp³-hybridized carbons (Fsp3) is 0. The summed E-state index contributed by atoms with van der Waals surface area (Å²) in [4.78, 5) is 7.57. The van der Waals surface area contributed by atoms with E-state index in [-0.39, 0.29) is 39.1 Å². The summed E-state index contributed by atoms with van der Waals surface area (Å²) in [6.07, 6.45) is 8.36. The minimum Gasteiger partial charge on any atom is -0.857 e. The maximum absolute atomic E-state index is 13.2. The maximum atomic E-state index is 13.2. The molecular weight excluding hydrogens is 562 g/mol. The molecular formula is C26H22CuF2N6O4. The molecule has 0 fully saturated rings. The number of pyridine rings is 2. The zero-order valence-corrected chi connectivity index (χ0v) is 20.9. The Morgan fingerprint density at radius 2 is 0.923 bits per heavy atom. The molecule has 39 heavy (non-hydrogen) atoms. The molecule has 10 nitrogen and oxygen atoms in total. The molecule has 13 heteroatoms. The number of benzene rings is 2. The molecule has 2 heterocycles. The Kier molecular flexibility index (Phi) is 16.3. The summed E-state index contributed by atoms with van der Waals surface area (Å²) in [6, 6.07) is 18.3. The molecule has 0 aliphatic heterocycles. The van der Waals surface area contributed by atoms with Gasteiger partial charge in [0, 0.05) is 47.7 Å². The Morgan fingerprint density at radius 1 is 0.590 bits per heavy atom. The molecule has 4 aromatic rings. The van der Waals surface area contributed by atoms with E-state index in [1.165, 1.54) is 73.6 Å². The van der Waals surface area contributed by atoms with Gasteiger partial charge in [-0.1, -0.05) is 36.4 Å². The number of rotatable bonds is 6. The van der Waals surface area contributed by atoms with Crippen LogP contribution in [0.25, 0.3) is 0 Å². The van der Waals surface area contributed by atoms with E-state index in [1.54, 1.807) is 36.4 Å². The second-order valence-electron chi connectivity index (χ2n) is 6.81. The molecule has 0 spiro atoms. The molecule has 4 rings (SSSR count). The van der Waals surface area contributed by atoms with Crippen molar-refractivity contribution in [2.24, 2.45) is 20.4 Å². The molecule has 2 aromatic carbocycles. The summed E-state index contributed by atoms with van der Waals surface area (Å²) in [5, 5.41) is 37.1. The largest absolute Gasteiger partial charge is 2.00 e. The second kappa shape index (κ2) is 18.5. The summed E-state index contributed by atoms with van der Waals surface area (Å²) in [5.74, 6) is -1.81. The monoisotopic (exact) mass is 583 g/mol. The third-order valence-electron chi connectivity index (χ3n) is 4.36. The first-order valence-corrected chi connectivity index (χ1v) is 10.4. The van der Waals surface area contributed by atoms with Crippen molar-refractivity contribution in [3.8, 4) is 0 Å². The number of hydrogen-bond acceptors (Lipinski definition) is 8. The Morgan fingerprint density at radius 3 is 1.26 bits per heavy atom. The molecule has 0 unspecified atom stereocenters. The smallest absolute Gasteiger partial charge is 0.857 e. The van der Waals surface area contributed by atoms with Gasteiger partial charge in [0.2, 0.25) is 0 Å². The van der Waals surface area contributed by atoms with Crippen LogP contribution in [0.15, 0.2) is 118 Å². The molecule has 0 aliphatic rings. The van der Waals surface area contributed by atoms with Crippen LogP contribution in [-0.2, 0) is 17.1 Å². The standard InChI is InChI=1S/2C13H10FN3O.Cu.2H2O/c2*14-12-4-2-1-3-11(12)9-16-17-13(18)10-5-7-15-8-6-10;;;/h2*1-9H,(H,17,18);;2*1H2/q;;+2;;/p-2/b2*16-9+;;;. The molecule has 0 amide bonds. The first-order valence-electron chi connectivity index (χ1n) is 10.4. The van der Waals surface area contributed by atoms with Crippen LogP contribution in [0, 0.1) is 11.6 Å². The van der Waals surface area contributed by atoms with E-state index >= 15 is 0 Å². The first kappa shape index (κ1) is 34.3. The van der Waals surface area contributed by atoms with E-state index in [0.29, 0.717) is 11.1 Å². The van der Waals surface area contributed by atoms with Gasteiger partial charge in [0.25, 0.3) is 0 Å². The average molecular weight is 584 g/mol. The van der Waals surface area contributed by atoms with Crippen LogP contribution in [0.3, 0.4) is 0 Å². The van der Waals surface area contributed by atoms with Gasteiger partial charge in [0.1, 0.15) is 11.6 Å². The molecule has 0 aliphatic carbocycles. The summed E-state index contributed by atoms with van der Waals surface area (Å²) in [5.41, 5.74) is 1.33. The van der Waals surface area contributed by atoms with Crippen molar-refractivity contribution in [3.63, 3.8) is 0 Å². The third kappa shape index (κ3) is 11.5. The van der Waals surface area contributed by atoms with Crippen molar-refractivity contribution in [2.45, 2.75) is 0 Å². The molecule has 0 saturated heterocycles. The second-order valence-corrected chi connectivity index (χ2v) is 6.81. The van der Waals surface area contributed by atoms with E-state index in [1.807, 2.05) is 0 Å². The Hall–Kier alpha value is -4.68. The van der Waals surface area contributed by atoms with E-state index < -0.39 is 23.4 Å². The molecule has 1 radical (unpaired) electrons. The normalized spacial score (nSPS) is 11.0. The molecule has 4 N–H and O–H groups in total. The summed E-state index contributed by atoms with van der Waals surface area (Å²) in [6.45, 7) is 0. The minimum atomic E-state index is -0.495. The molecule has 0 atom stereocenters. The predicted molar refractivity (Wildman–Crippen MR) is 137 cm³/mol. The van der Waals surface area contributed by atoms with Crippen molar-refractivity contribution < 1.29 is 47.0 Å². The van der Waals surface area contributed by atoms with Crippen molar-refractivity contribution in [2.75, 3.05) is 0 Å². The SMILES string of the molecule is O.O.[Cu+2].[O-]/C(=N\N=C\c1ccccc1F)c1ccncc1.[O-]/C(=N\N=C\c1ccccc1F)c1ccncc1. The third-order valence-corrected chi connectivity index (χ3v) is 4.36. The van der Waals surface area contributed by atoms with Gasteiger partial charge < -0.3 is 21.2 Å².